The molecule has 0 atom stereocenters. The fourth-order valence-electron chi connectivity index (χ4n) is 1.99. The number of alkyl halides is 3. The van der Waals surface area contributed by atoms with Gasteiger partial charge in [-0.2, -0.15) is 13.2 Å². The second-order valence-corrected chi connectivity index (χ2v) is 4.51. The first-order valence-corrected chi connectivity index (χ1v) is 6.45. The van der Waals surface area contributed by atoms with Crippen molar-refractivity contribution in [3.63, 3.8) is 0 Å². The second kappa shape index (κ2) is 6.76. The lowest BCUT2D eigenvalue weighted by molar-refractivity contribution is -0.137. The van der Waals surface area contributed by atoms with E-state index in [4.69, 9.17) is 9.84 Å². The van der Waals surface area contributed by atoms with Crippen LogP contribution in [0.5, 0.6) is 5.75 Å². The van der Waals surface area contributed by atoms with Crippen molar-refractivity contribution >= 4 is 0 Å². The molecule has 7 heteroatoms. The number of hydrogen-bond donors (Lipinski definition) is 2. The summed E-state index contributed by atoms with van der Waals surface area (Å²) in [6.45, 7) is -0.599. The summed E-state index contributed by atoms with van der Waals surface area (Å²) in [5.41, 5.74) is 0.294. The summed E-state index contributed by atoms with van der Waals surface area (Å²) < 4.78 is 43.3. The first kappa shape index (κ1) is 16.3. The number of hydrogen-bond acceptors (Lipinski definition) is 4. The first-order valence-electron chi connectivity index (χ1n) is 6.45. The average molecular weight is 313 g/mol. The Labute approximate surface area is 124 Å². The van der Waals surface area contributed by atoms with Gasteiger partial charge in [-0.25, -0.2) is 0 Å². The summed E-state index contributed by atoms with van der Waals surface area (Å²) in [6.07, 6.45) is -1.57. The van der Waals surface area contributed by atoms with Gasteiger partial charge in [-0.05, 0) is 29.3 Å². The summed E-state index contributed by atoms with van der Waals surface area (Å²) in [6, 6.07) is 4.75. The molecule has 1 heterocycles. The minimum Gasteiger partial charge on any atom is -0.490 e. The SMILES string of the molecule is OCCOc1cncc(-c2ccc(C(F)(F)F)cc2CO)c1. The molecular weight excluding hydrogens is 299 g/mol. The Morgan fingerprint density at radius 2 is 1.86 bits per heavy atom. The molecule has 0 aliphatic carbocycles. The van der Waals surface area contributed by atoms with Crippen LogP contribution in [0.25, 0.3) is 11.1 Å². The smallest absolute Gasteiger partial charge is 0.416 e. The molecule has 0 amide bonds. The van der Waals surface area contributed by atoms with E-state index < -0.39 is 18.3 Å². The number of benzene rings is 1. The molecule has 0 aliphatic heterocycles. The highest BCUT2D eigenvalue weighted by molar-refractivity contribution is 5.68. The Morgan fingerprint density at radius 1 is 1.09 bits per heavy atom. The van der Waals surface area contributed by atoms with E-state index in [9.17, 15) is 18.3 Å². The van der Waals surface area contributed by atoms with Gasteiger partial charge in [-0.1, -0.05) is 6.07 Å². The van der Waals surface area contributed by atoms with Crippen LogP contribution in [0.15, 0.2) is 36.7 Å². The highest BCUT2D eigenvalue weighted by atomic mass is 19.4. The molecule has 1 aromatic heterocycles. The molecule has 22 heavy (non-hydrogen) atoms. The number of aromatic nitrogens is 1. The van der Waals surface area contributed by atoms with Crippen LogP contribution in [0.4, 0.5) is 13.2 Å². The van der Waals surface area contributed by atoms with Crippen molar-refractivity contribution in [3.8, 4) is 16.9 Å². The van der Waals surface area contributed by atoms with E-state index in [0.29, 0.717) is 16.9 Å². The quantitative estimate of drug-likeness (QED) is 0.891. The van der Waals surface area contributed by atoms with Crippen LogP contribution in [-0.4, -0.2) is 28.4 Å². The van der Waals surface area contributed by atoms with Crippen molar-refractivity contribution in [2.75, 3.05) is 13.2 Å². The zero-order valence-corrected chi connectivity index (χ0v) is 11.5. The van der Waals surface area contributed by atoms with Gasteiger partial charge in [-0.15, -0.1) is 0 Å². The number of pyridine rings is 1. The van der Waals surface area contributed by atoms with Gasteiger partial charge in [0.05, 0.1) is 25.0 Å². The Hall–Kier alpha value is -2.12. The van der Waals surface area contributed by atoms with Gasteiger partial charge in [0.25, 0.3) is 0 Å². The van der Waals surface area contributed by atoms with Crippen molar-refractivity contribution in [2.24, 2.45) is 0 Å². The predicted octanol–water partition coefficient (Wildman–Crippen LogP) is 2.63. The van der Waals surface area contributed by atoms with Crippen LogP contribution < -0.4 is 4.74 Å². The molecule has 0 saturated carbocycles. The van der Waals surface area contributed by atoms with Crippen LogP contribution in [0, 0.1) is 0 Å². The van der Waals surface area contributed by atoms with Crippen LogP contribution >= 0.6 is 0 Å². The number of aliphatic hydroxyl groups is 2. The molecule has 0 bridgehead atoms. The summed E-state index contributed by atoms with van der Waals surface area (Å²) in [7, 11) is 0. The van der Waals surface area contributed by atoms with Crippen LogP contribution in [0.3, 0.4) is 0 Å². The largest absolute Gasteiger partial charge is 0.490 e. The molecule has 2 aromatic rings. The molecule has 0 fully saturated rings. The summed E-state index contributed by atoms with van der Waals surface area (Å²) >= 11 is 0. The fourth-order valence-corrected chi connectivity index (χ4v) is 1.99. The Morgan fingerprint density at radius 3 is 2.50 bits per heavy atom. The maximum absolute atomic E-state index is 12.7. The van der Waals surface area contributed by atoms with Gasteiger partial charge in [0.15, 0.2) is 0 Å². The van der Waals surface area contributed by atoms with Gasteiger partial charge in [-0.3, -0.25) is 4.98 Å². The Kier molecular flexibility index (Phi) is 4.99. The molecule has 118 valence electrons. The van der Waals surface area contributed by atoms with E-state index >= 15 is 0 Å². The van der Waals surface area contributed by atoms with Gasteiger partial charge < -0.3 is 14.9 Å². The minimum atomic E-state index is -4.47. The van der Waals surface area contributed by atoms with E-state index in [1.54, 1.807) is 6.07 Å². The maximum atomic E-state index is 12.7. The molecule has 2 N–H and O–H groups in total. The van der Waals surface area contributed by atoms with Crippen molar-refractivity contribution in [1.82, 2.24) is 4.98 Å². The van der Waals surface area contributed by atoms with Gasteiger partial charge in [0.2, 0.25) is 0 Å². The maximum Gasteiger partial charge on any atom is 0.416 e. The lowest BCUT2D eigenvalue weighted by Crippen LogP contribution is -2.06. The normalized spacial score (nSPS) is 11.5. The summed E-state index contributed by atoms with van der Waals surface area (Å²) in [5.74, 6) is 0.385. The van der Waals surface area contributed by atoms with Crippen LogP contribution in [0.2, 0.25) is 0 Å². The van der Waals surface area contributed by atoms with Crippen LogP contribution in [-0.2, 0) is 12.8 Å². The van der Waals surface area contributed by atoms with E-state index in [1.807, 2.05) is 0 Å². The molecule has 0 radical (unpaired) electrons. The first-order chi connectivity index (χ1) is 10.5. The van der Waals surface area contributed by atoms with Crippen molar-refractivity contribution in [1.29, 1.82) is 0 Å². The molecule has 0 saturated heterocycles. The lowest BCUT2D eigenvalue weighted by atomic mass is 9.99. The molecule has 4 nitrogen and oxygen atoms in total. The highest BCUT2D eigenvalue weighted by Gasteiger charge is 2.31. The van der Waals surface area contributed by atoms with E-state index in [0.717, 1.165) is 12.1 Å². The molecule has 0 unspecified atom stereocenters. The van der Waals surface area contributed by atoms with Crippen molar-refractivity contribution < 1.29 is 28.1 Å². The molecule has 2 rings (SSSR count). The third-order valence-corrected chi connectivity index (χ3v) is 2.99. The second-order valence-electron chi connectivity index (χ2n) is 4.51. The molecule has 0 spiro atoms. The standard InChI is InChI=1S/C15H14F3NO3/c16-15(17,18)12-1-2-14(11(5-12)9-21)10-6-13(8-19-7-10)22-4-3-20/h1-2,5-8,20-21H,3-4,9H2. The summed E-state index contributed by atoms with van der Waals surface area (Å²) in [5, 5.41) is 18.0. The van der Waals surface area contributed by atoms with Crippen molar-refractivity contribution in [2.45, 2.75) is 12.8 Å². The zero-order chi connectivity index (χ0) is 16.2. The highest BCUT2D eigenvalue weighted by Crippen LogP contribution is 2.34. The Balaban J connectivity index is 2.40. The van der Waals surface area contributed by atoms with E-state index in [-0.39, 0.29) is 18.8 Å². The number of rotatable bonds is 5. The van der Waals surface area contributed by atoms with E-state index in [1.165, 1.54) is 18.5 Å². The predicted molar refractivity (Wildman–Crippen MR) is 73.2 cm³/mol. The zero-order valence-electron chi connectivity index (χ0n) is 11.5. The van der Waals surface area contributed by atoms with Crippen molar-refractivity contribution in [3.05, 3.63) is 47.8 Å². The van der Waals surface area contributed by atoms with Gasteiger partial charge in [0.1, 0.15) is 12.4 Å². The number of halogens is 3. The monoisotopic (exact) mass is 313 g/mol. The fraction of sp³-hybridized carbons (Fsp3) is 0.267. The Bertz CT molecular complexity index is 644. The third kappa shape index (κ3) is 3.75. The molecular formula is C15H14F3NO3. The topological polar surface area (TPSA) is 62.6 Å². The lowest BCUT2D eigenvalue weighted by Gasteiger charge is -2.13. The van der Waals surface area contributed by atoms with Gasteiger partial charge in [0, 0.05) is 11.8 Å². The van der Waals surface area contributed by atoms with Gasteiger partial charge >= 0.3 is 6.18 Å². The number of nitrogens with zero attached hydrogens (tertiary/aromatic N) is 1. The molecule has 0 aliphatic rings. The number of aliphatic hydroxyl groups excluding tert-OH is 2. The average Bonchev–Trinajstić information content (AvgIpc) is 2.51. The number of ether oxygens (including phenoxy) is 1. The van der Waals surface area contributed by atoms with Crippen LogP contribution in [0.1, 0.15) is 11.1 Å². The van der Waals surface area contributed by atoms with E-state index in [2.05, 4.69) is 4.98 Å². The minimum absolute atomic E-state index is 0.0883. The molecule has 1 aromatic carbocycles. The third-order valence-electron chi connectivity index (χ3n) is 2.99. The summed E-state index contributed by atoms with van der Waals surface area (Å²) in [4.78, 5) is 3.95.